The van der Waals surface area contributed by atoms with Gasteiger partial charge in [-0.2, -0.15) is 0 Å². The fourth-order valence-corrected chi connectivity index (χ4v) is 7.47. The zero-order valence-corrected chi connectivity index (χ0v) is 34.2. The molecular weight excluding hydrogens is 641 g/mol. The summed E-state index contributed by atoms with van der Waals surface area (Å²) in [6, 6.07) is 18.3. The zero-order chi connectivity index (χ0) is 37.7. The van der Waals surface area contributed by atoms with E-state index in [0.717, 1.165) is 51.4 Å². The molecule has 0 heterocycles. The molecule has 0 saturated carbocycles. The highest BCUT2D eigenvalue weighted by molar-refractivity contribution is 5.98. The summed E-state index contributed by atoms with van der Waals surface area (Å²) in [6.07, 6.45) is 24.5. The lowest BCUT2D eigenvalue weighted by Gasteiger charge is -2.26. The Morgan fingerprint density at radius 2 is 0.788 bits per heavy atom. The van der Waals surface area contributed by atoms with E-state index >= 15 is 0 Å². The number of hydrogen-bond donors (Lipinski definition) is 0. The Balaban J connectivity index is 1.43. The van der Waals surface area contributed by atoms with Crippen molar-refractivity contribution in [3.63, 3.8) is 0 Å². The lowest BCUT2D eigenvalue weighted by atomic mass is 9.78. The molecule has 4 heteroatoms. The number of rotatable bonds is 28. The van der Waals surface area contributed by atoms with Gasteiger partial charge in [0.1, 0.15) is 0 Å². The van der Waals surface area contributed by atoms with Gasteiger partial charge in [-0.3, -0.25) is 9.59 Å². The van der Waals surface area contributed by atoms with Gasteiger partial charge in [0.05, 0.1) is 13.2 Å². The summed E-state index contributed by atoms with van der Waals surface area (Å²) in [7, 11) is 0. The van der Waals surface area contributed by atoms with Gasteiger partial charge in [-0.1, -0.05) is 168 Å². The summed E-state index contributed by atoms with van der Waals surface area (Å²) in [6.45, 7) is 14.8. The normalized spacial score (nSPS) is 12.1. The van der Waals surface area contributed by atoms with Crippen molar-refractivity contribution in [3.8, 4) is 0 Å². The Hall–Kier alpha value is -2.88. The van der Waals surface area contributed by atoms with Crippen LogP contribution in [0.5, 0.6) is 0 Å². The third-order valence-corrected chi connectivity index (χ3v) is 11.2. The predicted octanol–water partition coefficient (Wildman–Crippen LogP) is 14.3. The lowest BCUT2D eigenvalue weighted by molar-refractivity contribution is -0.144. The van der Waals surface area contributed by atoms with E-state index in [2.05, 4.69) is 90.1 Å². The monoisotopic (exact) mass is 715 g/mol. The third kappa shape index (κ3) is 16.0. The maximum absolute atomic E-state index is 12.4. The molecule has 0 aliphatic heterocycles. The number of esters is 2. The number of hydrogen-bond acceptors (Lipinski definition) is 4. The minimum Gasteiger partial charge on any atom is -0.466 e. The van der Waals surface area contributed by atoms with Crippen molar-refractivity contribution in [2.45, 2.75) is 194 Å². The number of unbranched alkanes of at least 4 members (excludes halogenated alkanes) is 14. The summed E-state index contributed by atoms with van der Waals surface area (Å²) in [5.41, 5.74) is 2.55. The summed E-state index contributed by atoms with van der Waals surface area (Å²) < 4.78 is 11.1. The third-order valence-electron chi connectivity index (χ3n) is 11.2. The Kier molecular flexibility index (Phi) is 19.8. The SMILES string of the molecule is CCCCCCCCCCOC(=O)CCCC(C)(C)c1ccc2cc3cc(C(C)(C)CCCC(=O)OCCCCCCCCCC)ccc3cc2c1. The van der Waals surface area contributed by atoms with Gasteiger partial charge < -0.3 is 9.47 Å². The molecule has 52 heavy (non-hydrogen) atoms. The highest BCUT2D eigenvalue weighted by atomic mass is 16.5. The molecule has 3 aromatic rings. The van der Waals surface area contributed by atoms with Crippen LogP contribution in [0.2, 0.25) is 0 Å². The van der Waals surface area contributed by atoms with Gasteiger partial charge in [0.2, 0.25) is 0 Å². The van der Waals surface area contributed by atoms with Crippen LogP contribution >= 0.6 is 0 Å². The molecule has 4 nitrogen and oxygen atoms in total. The molecule has 0 unspecified atom stereocenters. The number of carbonyl (C=O) groups excluding carboxylic acids is 2. The Bertz CT molecular complexity index is 1360. The fraction of sp³-hybridized carbons (Fsp3) is 0.667. The maximum Gasteiger partial charge on any atom is 0.305 e. The Labute approximate surface area is 318 Å². The van der Waals surface area contributed by atoms with Crippen LogP contribution in [0.25, 0.3) is 21.5 Å². The molecule has 0 atom stereocenters. The molecule has 0 bridgehead atoms. The van der Waals surface area contributed by atoms with Crippen LogP contribution in [0.1, 0.15) is 194 Å². The minimum absolute atomic E-state index is 0.0327. The molecule has 3 rings (SSSR count). The van der Waals surface area contributed by atoms with Crippen molar-refractivity contribution in [1.82, 2.24) is 0 Å². The van der Waals surface area contributed by atoms with Crippen LogP contribution in [0, 0.1) is 0 Å². The molecule has 3 aromatic carbocycles. The van der Waals surface area contributed by atoms with Crippen molar-refractivity contribution in [2.75, 3.05) is 13.2 Å². The first-order valence-corrected chi connectivity index (χ1v) is 21.4. The maximum atomic E-state index is 12.4. The van der Waals surface area contributed by atoms with Crippen LogP contribution in [-0.2, 0) is 29.9 Å². The smallest absolute Gasteiger partial charge is 0.305 e. The number of fused-ring (bicyclic) bond motifs is 2. The first kappa shape index (κ1) is 43.5. The fourth-order valence-electron chi connectivity index (χ4n) is 7.47. The quantitative estimate of drug-likeness (QED) is 0.0427. The standard InChI is InChI=1S/C48H74O4/c1-7-9-11-13-15-17-19-21-33-51-45(49)25-23-31-47(3,4)43-29-27-39-36-42-38-44(30-28-40(42)35-41(39)37-43)48(5,6)32-24-26-46(50)52-34-22-20-18-16-14-12-10-8-2/h27-30,35-38H,7-26,31-34H2,1-6H3. The highest BCUT2D eigenvalue weighted by Gasteiger charge is 2.23. The van der Waals surface area contributed by atoms with Gasteiger partial charge in [-0.25, -0.2) is 0 Å². The van der Waals surface area contributed by atoms with Crippen molar-refractivity contribution in [1.29, 1.82) is 0 Å². The van der Waals surface area contributed by atoms with Crippen LogP contribution in [-0.4, -0.2) is 25.2 Å². The molecule has 0 aromatic heterocycles. The summed E-state index contributed by atoms with van der Waals surface area (Å²) in [5, 5.41) is 4.98. The molecule has 0 fully saturated rings. The van der Waals surface area contributed by atoms with Crippen LogP contribution in [0.4, 0.5) is 0 Å². The van der Waals surface area contributed by atoms with E-state index in [-0.39, 0.29) is 22.8 Å². The van der Waals surface area contributed by atoms with Gasteiger partial charge in [0.15, 0.2) is 0 Å². The second-order valence-corrected chi connectivity index (χ2v) is 16.8. The van der Waals surface area contributed by atoms with E-state index in [1.165, 1.54) is 110 Å². The highest BCUT2D eigenvalue weighted by Crippen LogP contribution is 2.35. The van der Waals surface area contributed by atoms with Crippen molar-refractivity contribution < 1.29 is 19.1 Å². The Morgan fingerprint density at radius 1 is 0.442 bits per heavy atom. The van der Waals surface area contributed by atoms with E-state index in [9.17, 15) is 9.59 Å². The van der Waals surface area contributed by atoms with Gasteiger partial charge in [0.25, 0.3) is 0 Å². The number of ether oxygens (including phenoxy) is 2. The number of carbonyl (C=O) groups is 2. The topological polar surface area (TPSA) is 52.6 Å². The minimum atomic E-state index is -0.0573. The van der Waals surface area contributed by atoms with E-state index in [1.807, 2.05) is 0 Å². The average Bonchev–Trinajstić information content (AvgIpc) is 3.12. The molecular formula is C48H74O4. The molecule has 290 valence electrons. The first-order chi connectivity index (χ1) is 25.1. The van der Waals surface area contributed by atoms with Crippen LogP contribution in [0.3, 0.4) is 0 Å². The van der Waals surface area contributed by atoms with Crippen molar-refractivity contribution in [3.05, 3.63) is 59.7 Å². The summed E-state index contributed by atoms with van der Waals surface area (Å²) in [4.78, 5) is 24.8. The van der Waals surface area contributed by atoms with Gasteiger partial charge in [-0.15, -0.1) is 0 Å². The van der Waals surface area contributed by atoms with Crippen LogP contribution in [0.15, 0.2) is 48.5 Å². The molecule has 0 aliphatic carbocycles. The van der Waals surface area contributed by atoms with Crippen molar-refractivity contribution in [2.24, 2.45) is 0 Å². The van der Waals surface area contributed by atoms with E-state index in [0.29, 0.717) is 26.1 Å². The summed E-state index contributed by atoms with van der Waals surface area (Å²) in [5.74, 6) is -0.115. The van der Waals surface area contributed by atoms with Crippen LogP contribution < -0.4 is 0 Å². The Morgan fingerprint density at radius 3 is 1.15 bits per heavy atom. The average molecular weight is 715 g/mol. The zero-order valence-electron chi connectivity index (χ0n) is 34.2. The van der Waals surface area contributed by atoms with E-state index in [1.54, 1.807) is 0 Å². The van der Waals surface area contributed by atoms with E-state index in [4.69, 9.17) is 9.47 Å². The van der Waals surface area contributed by atoms with E-state index < -0.39 is 0 Å². The van der Waals surface area contributed by atoms with Gasteiger partial charge in [-0.05, 0) is 94.2 Å². The summed E-state index contributed by atoms with van der Waals surface area (Å²) >= 11 is 0. The molecule has 0 spiro atoms. The number of benzene rings is 3. The molecule has 0 saturated heterocycles. The predicted molar refractivity (Wildman–Crippen MR) is 222 cm³/mol. The van der Waals surface area contributed by atoms with Gasteiger partial charge >= 0.3 is 11.9 Å². The van der Waals surface area contributed by atoms with Gasteiger partial charge in [0, 0.05) is 12.8 Å². The molecule has 0 radical (unpaired) electrons. The largest absolute Gasteiger partial charge is 0.466 e. The molecule has 0 aliphatic rings. The first-order valence-electron chi connectivity index (χ1n) is 21.4. The second kappa shape index (κ2) is 23.7. The lowest BCUT2D eigenvalue weighted by Crippen LogP contribution is -2.18. The molecule has 0 amide bonds. The van der Waals surface area contributed by atoms with Crippen molar-refractivity contribution >= 4 is 33.5 Å². The molecule has 0 N–H and O–H groups in total. The second-order valence-electron chi connectivity index (χ2n) is 16.8.